The van der Waals surface area contributed by atoms with Crippen LogP contribution >= 0.6 is 0 Å². The molecule has 0 saturated heterocycles. The monoisotopic (exact) mass is 471 g/mol. The van der Waals surface area contributed by atoms with Gasteiger partial charge in [-0.15, -0.1) is 0 Å². The molecule has 1 aliphatic heterocycles. The molecule has 0 saturated carbocycles. The molecule has 1 atom stereocenters. The van der Waals surface area contributed by atoms with Crippen LogP contribution in [-0.4, -0.2) is 27.6 Å². The lowest BCUT2D eigenvalue weighted by molar-refractivity contribution is -0.141. The van der Waals surface area contributed by atoms with Crippen molar-refractivity contribution < 1.29 is 22.6 Å². The fourth-order valence-corrected chi connectivity index (χ4v) is 3.52. The Morgan fingerprint density at radius 3 is 2.71 bits per heavy atom. The van der Waals surface area contributed by atoms with E-state index in [4.69, 9.17) is 9.47 Å². The van der Waals surface area contributed by atoms with Gasteiger partial charge in [0.1, 0.15) is 35.7 Å². The molecule has 4 rings (SSSR count). The van der Waals surface area contributed by atoms with Crippen LogP contribution in [0.15, 0.2) is 47.4 Å². The Balaban J connectivity index is 1.48. The van der Waals surface area contributed by atoms with Gasteiger partial charge in [0.05, 0.1) is 11.8 Å². The Kier molecular flexibility index (Phi) is 6.15. The third kappa shape index (κ3) is 4.80. The van der Waals surface area contributed by atoms with Gasteiger partial charge in [0.15, 0.2) is 0 Å². The van der Waals surface area contributed by atoms with Crippen molar-refractivity contribution >= 4 is 5.82 Å². The number of fused-ring (bicyclic) bond motifs is 1. The number of ether oxygens (including phenoxy) is 2. The van der Waals surface area contributed by atoms with Gasteiger partial charge in [-0.2, -0.15) is 23.4 Å². The van der Waals surface area contributed by atoms with Gasteiger partial charge >= 0.3 is 11.9 Å². The highest BCUT2D eigenvalue weighted by atomic mass is 19.4. The summed E-state index contributed by atoms with van der Waals surface area (Å²) in [6, 6.07) is 10.6. The molecule has 0 amide bonds. The predicted octanol–water partition coefficient (Wildman–Crippen LogP) is 4.13. The first-order chi connectivity index (χ1) is 16.2. The van der Waals surface area contributed by atoms with Crippen molar-refractivity contribution in [3.63, 3.8) is 0 Å². The second kappa shape index (κ2) is 9.05. The van der Waals surface area contributed by atoms with Gasteiger partial charge < -0.3 is 14.4 Å². The SMILES string of the molecule is C[C@H]1CCn2c(cc(OCc3ccc(Oc4ccc(C(F)(F)F)nc4)c(C#N)c3)nc2=O)N1C. The molecular formula is C23H20F3N5O3. The third-order valence-electron chi connectivity index (χ3n) is 5.56. The molecule has 176 valence electrons. The molecule has 8 nitrogen and oxygen atoms in total. The van der Waals surface area contributed by atoms with Crippen molar-refractivity contribution in [3.8, 4) is 23.4 Å². The molecule has 3 heterocycles. The van der Waals surface area contributed by atoms with E-state index in [-0.39, 0.29) is 35.6 Å². The summed E-state index contributed by atoms with van der Waals surface area (Å²) in [4.78, 5) is 21.7. The van der Waals surface area contributed by atoms with Crippen LogP contribution in [-0.2, 0) is 19.3 Å². The van der Waals surface area contributed by atoms with Crippen molar-refractivity contribution in [1.29, 1.82) is 5.26 Å². The maximum Gasteiger partial charge on any atom is 0.433 e. The quantitative estimate of drug-likeness (QED) is 0.552. The number of alkyl halides is 3. The molecule has 0 unspecified atom stereocenters. The smallest absolute Gasteiger partial charge is 0.433 e. The number of halogens is 3. The van der Waals surface area contributed by atoms with Gasteiger partial charge in [-0.3, -0.25) is 4.57 Å². The zero-order valence-corrected chi connectivity index (χ0v) is 18.3. The lowest BCUT2D eigenvalue weighted by atomic mass is 10.1. The number of benzene rings is 1. The van der Waals surface area contributed by atoms with Crippen molar-refractivity contribution in [2.45, 2.75) is 38.7 Å². The van der Waals surface area contributed by atoms with Gasteiger partial charge in [-0.05, 0) is 43.2 Å². The molecule has 1 aromatic carbocycles. The van der Waals surface area contributed by atoms with Crippen LogP contribution in [0.1, 0.15) is 30.2 Å². The summed E-state index contributed by atoms with van der Waals surface area (Å²) in [5, 5.41) is 9.48. The molecule has 0 spiro atoms. The molecule has 11 heteroatoms. The summed E-state index contributed by atoms with van der Waals surface area (Å²) in [5.74, 6) is 1.12. The van der Waals surface area contributed by atoms with Crippen molar-refractivity contribution in [1.82, 2.24) is 14.5 Å². The number of nitriles is 1. The molecule has 2 aromatic heterocycles. The molecule has 0 N–H and O–H groups in total. The highest BCUT2D eigenvalue weighted by molar-refractivity contribution is 5.47. The van der Waals surface area contributed by atoms with E-state index in [2.05, 4.69) is 16.9 Å². The van der Waals surface area contributed by atoms with Crippen LogP contribution in [0, 0.1) is 11.3 Å². The van der Waals surface area contributed by atoms with E-state index in [9.17, 15) is 23.2 Å². The molecule has 1 aliphatic rings. The van der Waals surface area contributed by atoms with Crippen molar-refractivity contribution in [2.75, 3.05) is 11.9 Å². The lowest BCUT2D eigenvalue weighted by Crippen LogP contribution is -2.41. The van der Waals surface area contributed by atoms with Crippen LogP contribution in [0.4, 0.5) is 19.0 Å². The average Bonchev–Trinajstić information content (AvgIpc) is 2.80. The fourth-order valence-electron chi connectivity index (χ4n) is 3.52. The summed E-state index contributed by atoms with van der Waals surface area (Å²) in [6.45, 7) is 2.71. The minimum Gasteiger partial charge on any atom is -0.473 e. The van der Waals surface area contributed by atoms with Gasteiger partial charge in [-0.25, -0.2) is 9.78 Å². The number of pyridine rings is 1. The van der Waals surface area contributed by atoms with Crippen LogP contribution in [0.2, 0.25) is 0 Å². The second-order valence-corrected chi connectivity index (χ2v) is 7.85. The molecular weight excluding hydrogens is 451 g/mol. The number of aromatic nitrogens is 3. The zero-order chi connectivity index (χ0) is 24.5. The van der Waals surface area contributed by atoms with Crippen LogP contribution in [0.25, 0.3) is 0 Å². The Labute approximate surface area is 192 Å². The number of hydrogen-bond acceptors (Lipinski definition) is 7. The first-order valence-corrected chi connectivity index (χ1v) is 10.4. The Bertz CT molecular complexity index is 1300. The van der Waals surface area contributed by atoms with E-state index in [1.54, 1.807) is 16.7 Å². The van der Waals surface area contributed by atoms with Gasteiger partial charge in [0.25, 0.3) is 0 Å². The van der Waals surface area contributed by atoms with E-state index >= 15 is 0 Å². The minimum absolute atomic E-state index is 0.0476. The molecule has 0 bridgehead atoms. The minimum atomic E-state index is -4.55. The molecule has 34 heavy (non-hydrogen) atoms. The molecule has 0 aliphatic carbocycles. The van der Waals surface area contributed by atoms with E-state index in [1.807, 2.05) is 18.0 Å². The highest BCUT2D eigenvalue weighted by Gasteiger charge is 2.32. The lowest BCUT2D eigenvalue weighted by Gasteiger charge is -2.34. The first kappa shape index (κ1) is 23.1. The summed E-state index contributed by atoms with van der Waals surface area (Å²) in [6.07, 6.45) is -2.76. The Morgan fingerprint density at radius 2 is 2.03 bits per heavy atom. The molecule has 0 radical (unpaired) electrons. The predicted molar refractivity (Wildman–Crippen MR) is 116 cm³/mol. The van der Waals surface area contributed by atoms with E-state index in [0.29, 0.717) is 12.1 Å². The van der Waals surface area contributed by atoms with Crippen LogP contribution in [0.3, 0.4) is 0 Å². The standard InChI is InChI=1S/C23H20F3N5O3/c1-14-7-8-31-21(30(14)2)10-20(29-22(31)32)33-13-15-3-5-18(16(9-15)11-27)34-17-4-6-19(28-12-17)23(24,25)26/h3-6,9-10,12,14H,7-8,13H2,1-2H3/t14-/m0/s1. The maximum absolute atomic E-state index is 12.7. The normalized spacial score (nSPS) is 15.4. The molecule has 3 aromatic rings. The number of rotatable bonds is 5. The number of hydrogen-bond donors (Lipinski definition) is 0. The Hall–Kier alpha value is -4.07. The Morgan fingerprint density at radius 1 is 1.24 bits per heavy atom. The second-order valence-electron chi connectivity index (χ2n) is 7.85. The van der Waals surface area contributed by atoms with Gasteiger partial charge in [0, 0.05) is 25.7 Å². The van der Waals surface area contributed by atoms with Crippen LogP contribution in [0.5, 0.6) is 17.4 Å². The van der Waals surface area contributed by atoms with Crippen molar-refractivity contribution in [2.24, 2.45) is 0 Å². The van der Waals surface area contributed by atoms with Crippen molar-refractivity contribution in [3.05, 3.63) is 69.9 Å². The summed E-state index contributed by atoms with van der Waals surface area (Å²) >= 11 is 0. The largest absolute Gasteiger partial charge is 0.473 e. The number of nitrogens with zero attached hydrogens (tertiary/aromatic N) is 5. The third-order valence-corrected chi connectivity index (χ3v) is 5.56. The zero-order valence-electron chi connectivity index (χ0n) is 18.3. The maximum atomic E-state index is 12.7. The number of anilines is 1. The summed E-state index contributed by atoms with van der Waals surface area (Å²) in [5.41, 5.74) is -0.648. The summed E-state index contributed by atoms with van der Waals surface area (Å²) in [7, 11) is 1.91. The fraction of sp³-hybridized carbons (Fsp3) is 0.304. The topological polar surface area (TPSA) is 93.3 Å². The highest BCUT2D eigenvalue weighted by Crippen LogP contribution is 2.31. The van der Waals surface area contributed by atoms with E-state index in [1.165, 1.54) is 12.1 Å². The van der Waals surface area contributed by atoms with Gasteiger partial charge in [0.2, 0.25) is 5.88 Å². The van der Waals surface area contributed by atoms with E-state index in [0.717, 1.165) is 30.6 Å². The van der Waals surface area contributed by atoms with Gasteiger partial charge in [-0.1, -0.05) is 6.07 Å². The van der Waals surface area contributed by atoms with E-state index < -0.39 is 17.6 Å². The average molecular weight is 471 g/mol. The van der Waals surface area contributed by atoms with Crippen LogP contribution < -0.4 is 20.1 Å². The summed E-state index contributed by atoms with van der Waals surface area (Å²) < 4.78 is 50.8. The molecule has 0 fully saturated rings. The first-order valence-electron chi connectivity index (χ1n) is 10.4.